The Bertz CT molecular complexity index is 356. The molecule has 2 N–H and O–H groups in total. The molecular formula is C10H16F3N3OS. The number of rotatable bonds is 7. The van der Waals surface area contributed by atoms with Crippen LogP contribution in [0, 0.1) is 0 Å². The van der Waals surface area contributed by atoms with Gasteiger partial charge in [0.25, 0.3) is 0 Å². The smallest absolute Gasteiger partial charge is 0.395 e. The summed E-state index contributed by atoms with van der Waals surface area (Å²) in [6.45, 7) is 1.45. The number of halogens is 3. The third-order valence-corrected chi connectivity index (χ3v) is 3.02. The Labute approximate surface area is 107 Å². The van der Waals surface area contributed by atoms with Crippen molar-refractivity contribution >= 4 is 16.5 Å². The van der Waals surface area contributed by atoms with E-state index in [1.165, 1.54) is 11.3 Å². The van der Waals surface area contributed by atoms with Crippen LogP contribution in [0.25, 0.3) is 0 Å². The second-order valence-corrected chi connectivity index (χ2v) is 4.83. The number of aliphatic hydroxyl groups excluding tert-OH is 1. The van der Waals surface area contributed by atoms with E-state index in [9.17, 15) is 13.2 Å². The van der Waals surface area contributed by atoms with Crippen LogP contribution >= 0.6 is 11.3 Å². The van der Waals surface area contributed by atoms with Gasteiger partial charge in [-0.2, -0.15) is 13.2 Å². The van der Waals surface area contributed by atoms with Gasteiger partial charge in [-0.3, -0.25) is 4.90 Å². The molecule has 0 aliphatic heterocycles. The van der Waals surface area contributed by atoms with E-state index in [0.29, 0.717) is 5.13 Å². The lowest BCUT2D eigenvalue weighted by Crippen LogP contribution is -2.35. The molecule has 1 rings (SSSR count). The van der Waals surface area contributed by atoms with E-state index in [0.717, 1.165) is 16.3 Å². The van der Waals surface area contributed by atoms with Gasteiger partial charge in [0, 0.05) is 30.7 Å². The fraction of sp³-hybridized carbons (Fsp3) is 0.700. The van der Waals surface area contributed by atoms with Gasteiger partial charge in [0.15, 0.2) is 5.13 Å². The molecule has 1 aromatic rings. The van der Waals surface area contributed by atoms with Crippen LogP contribution in [0.3, 0.4) is 0 Å². The van der Waals surface area contributed by atoms with Gasteiger partial charge in [-0.25, -0.2) is 4.98 Å². The summed E-state index contributed by atoms with van der Waals surface area (Å²) in [6, 6.07) is 0. The maximum absolute atomic E-state index is 12.3. The predicted molar refractivity (Wildman–Crippen MR) is 64.7 cm³/mol. The summed E-state index contributed by atoms with van der Waals surface area (Å²) < 4.78 is 36.9. The number of aromatic nitrogens is 1. The van der Waals surface area contributed by atoms with Gasteiger partial charge in [0.2, 0.25) is 0 Å². The molecule has 0 bridgehead atoms. The van der Waals surface area contributed by atoms with Crippen molar-refractivity contribution in [2.24, 2.45) is 0 Å². The van der Waals surface area contributed by atoms with E-state index in [4.69, 9.17) is 5.11 Å². The Hall–Kier alpha value is -0.860. The molecule has 0 radical (unpaired) electrons. The first kappa shape index (κ1) is 15.2. The van der Waals surface area contributed by atoms with E-state index in [2.05, 4.69) is 10.3 Å². The molecule has 4 nitrogen and oxygen atoms in total. The summed E-state index contributed by atoms with van der Waals surface area (Å²) in [7, 11) is 0. The minimum Gasteiger partial charge on any atom is -0.395 e. The highest BCUT2D eigenvalue weighted by molar-refractivity contribution is 7.15. The summed E-state index contributed by atoms with van der Waals surface area (Å²) in [4.78, 5) is 5.95. The molecule has 0 saturated heterocycles. The zero-order valence-corrected chi connectivity index (χ0v) is 10.8. The van der Waals surface area contributed by atoms with E-state index < -0.39 is 12.7 Å². The molecule has 0 atom stereocenters. The number of thiazole rings is 1. The third-order valence-electron chi connectivity index (χ3n) is 2.08. The Balaban J connectivity index is 2.58. The van der Waals surface area contributed by atoms with E-state index >= 15 is 0 Å². The molecule has 0 unspecified atom stereocenters. The lowest BCUT2D eigenvalue weighted by molar-refractivity contribution is -0.147. The second-order valence-electron chi connectivity index (χ2n) is 3.71. The molecule has 18 heavy (non-hydrogen) atoms. The topological polar surface area (TPSA) is 48.4 Å². The lowest BCUT2D eigenvalue weighted by atomic mass is 10.4. The largest absolute Gasteiger partial charge is 0.401 e. The number of hydrogen-bond acceptors (Lipinski definition) is 5. The average molecular weight is 283 g/mol. The van der Waals surface area contributed by atoms with Crippen molar-refractivity contribution in [2.75, 3.05) is 31.6 Å². The lowest BCUT2D eigenvalue weighted by Gasteiger charge is -2.21. The average Bonchev–Trinajstić information content (AvgIpc) is 2.64. The van der Waals surface area contributed by atoms with Gasteiger partial charge in [0.1, 0.15) is 0 Å². The molecule has 0 spiro atoms. The van der Waals surface area contributed by atoms with Crippen LogP contribution in [0.15, 0.2) is 6.20 Å². The molecule has 8 heteroatoms. The number of nitrogens with one attached hydrogen (secondary N) is 1. The molecule has 0 aliphatic rings. The minimum atomic E-state index is -4.26. The minimum absolute atomic E-state index is 0.00600. The molecule has 0 amide bonds. The summed E-state index contributed by atoms with van der Waals surface area (Å²) in [5, 5.41) is 12.5. The van der Waals surface area contributed by atoms with Gasteiger partial charge in [-0.15, -0.1) is 11.3 Å². The maximum Gasteiger partial charge on any atom is 0.401 e. The van der Waals surface area contributed by atoms with Crippen LogP contribution < -0.4 is 5.32 Å². The summed E-state index contributed by atoms with van der Waals surface area (Å²) >= 11 is 1.32. The number of nitrogens with zero attached hydrogens (tertiary/aromatic N) is 2. The molecule has 1 aromatic heterocycles. The van der Waals surface area contributed by atoms with Crippen LogP contribution in [0.1, 0.15) is 11.8 Å². The van der Waals surface area contributed by atoms with Gasteiger partial charge in [-0.05, 0) is 6.92 Å². The van der Waals surface area contributed by atoms with Crippen molar-refractivity contribution in [3.05, 3.63) is 11.1 Å². The first-order valence-corrected chi connectivity index (χ1v) is 6.34. The zero-order chi connectivity index (χ0) is 13.6. The van der Waals surface area contributed by atoms with Gasteiger partial charge in [0.05, 0.1) is 13.2 Å². The van der Waals surface area contributed by atoms with Gasteiger partial charge in [-0.1, -0.05) is 0 Å². The molecule has 1 heterocycles. The highest BCUT2D eigenvalue weighted by Crippen LogP contribution is 2.22. The standard InChI is InChI=1S/C10H16F3N3OS/c1-2-14-9-15-5-8(18-9)6-16(3-4-17)7-10(11,12)13/h5,17H,2-4,6-7H2,1H3,(H,14,15). The highest BCUT2D eigenvalue weighted by atomic mass is 32.1. The van der Waals surface area contributed by atoms with Crippen LogP contribution in [-0.2, 0) is 6.54 Å². The first-order valence-electron chi connectivity index (χ1n) is 5.53. The van der Waals surface area contributed by atoms with Crippen LogP contribution in [-0.4, -0.2) is 47.4 Å². The van der Waals surface area contributed by atoms with Gasteiger partial charge < -0.3 is 10.4 Å². The molecule has 104 valence electrons. The first-order chi connectivity index (χ1) is 8.44. The highest BCUT2D eigenvalue weighted by Gasteiger charge is 2.30. The monoisotopic (exact) mass is 283 g/mol. The zero-order valence-electron chi connectivity index (χ0n) is 10.00. The Morgan fingerprint density at radius 2 is 2.22 bits per heavy atom. The Morgan fingerprint density at radius 3 is 2.78 bits per heavy atom. The predicted octanol–water partition coefficient (Wildman–Crippen LogP) is 1.93. The fourth-order valence-corrected chi connectivity index (χ4v) is 2.37. The third kappa shape index (κ3) is 5.65. The number of hydrogen-bond donors (Lipinski definition) is 2. The van der Waals surface area contributed by atoms with Crippen molar-refractivity contribution in [2.45, 2.75) is 19.6 Å². The summed E-state index contributed by atoms with van der Waals surface area (Å²) in [6.07, 6.45) is -2.70. The quantitative estimate of drug-likeness (QED) is 0.803. The van der Waals surface area contributed by atoms with Crippen LogP contribution in [0.2, 0.25) is 0 Å². The Kier molecular flexibility index (Phi) is 5.83. The van der Waals surface area contributed by atoms with Gasteiger partial charge >= 0.3 is 6.18 Å². The number of anilines is 1. The summed E-state index contributed by atoms with van der Waals surface area (Å²) in [5.74, 6) is 0. The molecule has 0 fully saturated rings. The van der Waals surface area contributed by atoms with Crippen LogP contribution in [0.4, 0.5) is 18.3 Å². The van der Waals surface area contributed by atoms with Crippen molar-refractivity contribution < 1.29 is 18.3 Å². The molecular weight excluding hydrogens is 267 g/mol. The van der Waals surface area contributed by atoms with Crippen molar-refractivity contribution in [1.82, 2.24) is 9.88 Å². The van der Waals surface area contributed by atoms with Crippen molar-refractivity contribution in [1.29, 1.82) is 0 Å². The SMILES string of the molecule is CCNc1ncc(CN(CCO)CC(F)(F)F)s1. The van der Waals surface area contributed by atoms with E-state index in [1.807, 2.05) is 6.92 Å². The molecule has 0 aromatic carbocycles. The molecule has 0 aliphatic carbocycles. The van der Waals surface area contributed by atoms with Crippen LogP contribution in [0.5, 0.6) is 0 Å². The Morgan fingerprint density at radius 1 is 1.50 bits per heavy atom. The van der Waals surface area contributed by atoms with E-state index in [-0.39, 0.29) is 19.7 Å². The summed E-state index contributed by atoms with van der Waals surface area (Å²) in [5.41, 5.74) is 0. The van der Waals surface area contributed by atoms with Crippen molar-refractivity contribution in [3.63, 3.8) is 0 Å². The maximum atomic E-state index is 12.3. The second kappa shape index (κ2) is 6.91. The number of aliphatic hydroxyl groups is 1. The number of alkyl halides is 3. The van der Waals surface area contributed by atoms with Crippen molar-refractivity contribution in [3.8, 4) is 0 Å². The fourth-order valence-electron chi connectivity index (χ4n) is 1.44. The van der Waals surface area contributed by atoms with E-state index in [1.54, 1.807) is 6.20 Å². The normalized spacial score (nSPS) is 12.1. The molecule has 0 saturated carbocycles.